The van der Waals surface area contributed by atoms with E-state index in [0.717, 1.165) is 19.2 Å². The van der Waals surface area contributed by atoms with E-state index < -0.39 is 29.8 Å². The molecule has 252 valence electrons. The van der Waals surface area contributed by atoms with Gasteiger partial charge >= 0.3 is 18.2 Å². The van der Waals surface area contributed by atoms with Crippen LogP contribution in [0.5, 0.6) is 5.88 Å². The maximum absolute atomic E-state index is 13.8. The largest absolute Gasteiger partial charge is 0.481 e. The molecule has 2 atom stereocenters. The first-order valence-corrected chi connectivity index (χ1v) is 15.3. The zero-order chi connectivity index (χ0) is 33.7. The molecule has 15 heteroatoms. The van der Waals surface area contributed by atoms with Crippen molar-refractivity contribution < 1.29 is 41.7 Å². The number of rotatable bonds is 9. The first-order valence-electron chi connectivity index (χ1n) is 15.3. The van der Waals surface area contributed by atoms with Crippen molar-refractivity contribution in [2.24, 2.45) is 0 Å². The van der Waals surface area contributed by atoms with Crippen LogP contribution in [-0.2, 0) is 26.8 Å². The molecule has 1 fully saturated rings. The quantitative estimate of drug-likeness (QED) is 0.297. The number of carbonyl (C=O) groups is 2. The Bertz CT molecular complexity index is 1600. The van der Waals surface area contributed by atoms with Crippen molar-refractivity contribution in [1.82, 2.24) is 15.0 Å². The van der Waals surface area contributed by atoms with Crippen LogP contribution in [0.25, 0.3) is 0 Å². The van der Waals surface area contributed by atoms with Gasteiger partial charge in [0.1, 0.15) is 0 Å². The summed E-state index contributed by atoms with van der Waals surface area (Å²) in [5.41, 5.74) is 1.23. The number of pyridine rings is 1. The molecule has 0 bridgehead atoms. The molecule has 3 aromatic rings. The van der Waals surface area contributed by atoms with Crippen molar-refractivity contribution in [1.29, 1.82) is 0 Å². The molecule has 1 saturated heterocycles. The first-order chi connectivity index (χ1) is 22.6. The van der Waals surface area contributed by atoms with E-state index in [1.807, 2.05) is 11.8 Å². The van der Waals surface area contributed by atoms with Gasteiger partial charge in [-0.2, -0.15) is 13.2 Å². The molecule has 47 heavy (non-hydrogen) atoms. The number of hydrogen-bond acceptors (Lipinski definition) is 11. The minimum atomic E-state index is -4.68. The Morgan fingerprint density at radius 2 is 1.83 bits per heavy atom. The summed E-state index contributed by atoms with van der Waals surface area (Å²) in [5, 5.41) is 3.36. The molecule has 1 aromatic carbocycles. The normalized spacial score (nSPS) is 17.9. The number of aromatic nitrogens is 3. The Hall–Kier alpha value is -4.66. The number of anilines is 3. The third-order valence-electron chi connectivity index (χ3n) is 8.10. The Labute approximate surface area is 270 Å². The Kier molecular flexibility index (Phi) is 10.3. The van der Waals surface area contributed by atoms with Crippen molar-refractivity contribution >= 4 is 29.4 Å². The van der Waals surface area contributed by atoms with E-state index in [1.165, 1.54) is 13.2 Å². The van der Waals surface area contributed by atoms with Crippen LogP contribution in [0.15, 0.2) is 36.5 Å². The van der Waals surface area contributed by atoms with Gasteiger partial charge in [-0.25, -0.2) is 24.5 Å². The minimum absolute atomic E-state index is 0.0284. The summed E-state index contributed by atoms with van der Waals surface area (Å²) < 4.78 is 62.5. The van der Waals surface area contributed by atoms with E-state index in [9.17, 15) is 22.8 Å². The van der Waals surface area contributed by atoms with Crippen LogP contribution >= 0.6 is 0 Å². The summed E-state index contributed by atoms with van der Waals surface area (Å²) in [6.45, 7) is 5.95. The Morgan fingerprint density at radius 3 is 2.49 bits per heavy atom. The highest BCUT2D eigenvalue weighted by Gasteiger charge is 2.38. The molecule has 1 N–H and O–H groups in total. The van der Waals surface area contributed by atoms with Crippen molar-refractivity contribution in [2.45, 2.75) is 51.4 Å². The highest BCUT2D eigenvalue weighted by atomic mass is 19.4. The summed E-state index contributed by atoms with van der Waals surface area (Å²) in [7, 11) is 2.61. The number of hydrogen-bond donors (Lipinski definition) is 1. The minimum Gasteiger partial charge on any atom is -0.481 e. The molecule has 2 aliphatic heterocycles. The maximum Gasteiger partial charge on any atom is 0.416 e. The average molecular weight is 659 g/mol. The third kappa shape index (κ3) is 7.50. The van der Waals surface area contributed by atoms with Gasteiger partial charge in [-0.3, -0.25) is 4.90 Å². The van der Waals surface area contributed by atoms with E-state index in [-0.39, 0.29) is 36.1 Å². The van der Waals surface area contributed by atoms with Gasteiger partial charge in [-0.1, -0.05) is 6.92 Å². The summed E-state index contributed by atoms with van der Waals surface area (Å²) in [6.07, 6.45) is -2.48. The van der Waals surface area contributed by atoms with E-state index >= 15 is 0 Å². The number of ether oxygens (including phenoxy) is 4. The second-order valence-electron chi connectivity index (χ2n) is 11.0. The summed E-state index contributed by atoms with van der Waals surface area (Å²) in [6, 6.07) is 5.91. The number of carbonyl (C=O) groups excluding carboxylic acids is 2. The van der Waals surface area contributed by atoms with Crippen LogP contribution in [0.1, 0.15) is 65.6 Å². The molecular weight excluding hydrogens is 621 g/mol. The topological polar surface area (TPSA) is 128 Å². The van der Waals surface area contributed by atoms with Crippen LogP contribution in [0.2, 0.25) is 0 Å². The summed E-state index contributed by atoms with van der Waals surface area (Å²) >= 11 is 0. The predicted molar refractivity (Wildman–Crippen MR) is 166 cm³/mol. The number of amides is 1. The third-order valence-corrected chi connectivity index (χ3v) is 8.10. The maximum atomic E-state index is 13.8. The van der Waals surface area contributed by atoms with Gasteiger partial charge in [0, 0.05) is 31.6 Å². The van der Waals surface area contributed by atoms with Gasteiger partial charge in [0.2, 0.25) is 11.8 Å². The molecule has 0 radical (unpaired) electrons. The Balaban J connectivity index is 1.55. The van der Waals surface area contributed by atoms with Gasteiger partial charge in [-0.15, -0.1) is 0 Å². The number of halogens is 3. The van der Waals surface area contributed by atoms with E-state index in [0.29, 0.717) is 67.8 Å². The lowest BCUT2D eigenvalue weighted by Crippen LogP contribution is -2.46. The number of alkyl halides is 3. The smallest absolute Gasteiger partial charge is 0.416 e. The number of nitrogens with one attached hydrogen (secondary N) is 1. The fourth-order valence-corrected chi connectivity index (χ4v) is 5.85. The van der Waals surface area contributed by atoms with E-state index in [2.05, 4.69) is 15.3 Å². The van der Waals surface area contributed by atoms with Gasteiger partial charge < -0.3 is 29.2 Å². The van der Waals surface area contributed by atoms with Gasteiger partial charge in [0.05, 0.1) is 80.2 Å². The highest BCUT2D eigenvalue weighted by Crippen LogP contribution is 2.40. The zero-order valence-corrected chi connectivity index (χ0v) is 26.6. The Morgan fingerprint density at radius 1 is 1.06 bits per heavy atom. The lowest BCUT2D eigenvalue weighted by molar-refractivity contribution is -0.137. The fraction of sp³-hybridized carbons (Fsp3) is 0.469. The predicted octanol–water partition coefficient (Wildman–Crippen LogP) is 5.41. The summed E-state index contributed by atoms with van der Waals surface area (Å²) in [4.78, 5) is 43.0. The van der Waals surface area contributed by atoms with E-state index in [4.69, 9.17) is 23.9 Å². The number of methoxy groups -OCH3 is 2. The molecule has 0 aliphatic carbocycles. The summed E-state index contributed by atoms with van der Waals surface area (Å²) in [5.74, 6) is -0.307. The number of morpholine rings is 1. The van der Waals surface area contributed by atoms with Gasteiger partial charge in [-0.05, 0) is 49.6 Å². The second-order valence-corrected chi connectivity index (χ2v) is 11.0. The van der Waals surface area contributed by atoms with Crippen molar-refractivity contribution in [2.75, 3.05) is 62.2 Å². The van der Waals surface area contributed by atoms with Crippen LogP contribution in [0.3, 0.4) is 0 Å². The molecule has 12 nitrogen and oxygen atoms in total. The number of benzene rings is 1. The molecule has 0 spiro atoms. The molecule has 4 heterocycles. The average Bonchev–Trinajstić information content (AvgIpc) is 3.07. The second kappa shape index (κ2) is 14.4. The molecular formula is C32H37F3N6O6. The highest BCUT2D eigenvalue weighted by molar-refractivity contribution is 5.90. The molecule has 2 aromatic heterocycles. The fourth-order valence-electron chi connectivity index (χ4n) is 5.85. The standard InChI is InChI=1S/C32H37F3N6O6/c1-5-22-17-24(28-25(7-8-27(39-28)44-3)41(22)31(43)47-6-2)38-30-36-18-26(40-9-11-46-12-10-40)23(37-30)15-19-13-20(29(42)45-4)16-21(14-19)32(33,34)35/h7-8,13-14,16,18,22,24H,5-6,9-12,15,17H2,1-4H3,(H,36,37,38)/t22-,24+/m1/s1. The van der Waals surface area contributed by atoms with Crippen LogP contribution in [-0.4, -0.2) is 80.2 Å². The van der Waals surface area contributed by atoms with Crippen molar-refractivity contribution in [3.8, 4) is 5.88 Å². The van der Waals surface area contributed by atoms with Crippen molar-refractivity contribution in [3.05, 3.63) is 64.6 Å². The van der Waals surface area contributed by atoms with Crippen LogP contribution < -0.4 is 19.9 Å². The number of esters is 1. The molecule has 1 amide bonds. The number of nitrogens with zero attached hydrogens (tertiary/aromatic N) is 5. The van der Waals surface area contributed by atoms with Crippen LogP contribution in [0, 0.1) is 0 Å². The molecule has 5 rings (SSSR count). The zero-order valence-electron chi connectivity index (χ0n) is 26.6. The van der Waals surface area contributed by atoms with Gasteiger partial charge in [0.25, 0.3) is 0 Å². The lowest BCUT2D eigenvalue weighted by Gasteiger charge is -2.39. The lowest BCUT2D eigenvalue weighted by atomic mass is 9.93. The van der Waals surface area contributed by atoms with Crippen LogP contribution in [0.4, 0.5) is 35.3 Å². The van der Waals surface area contributed by atoms with E-state index in [1.54, 1.807) is 30.2 Å². The number of fused-ring (bicyclic) bond motifs is 1. The van der Waals surface area contributed by atoms with Crippen molar-refractivity contribution in [3.63, 3.8) is 0 Å². The monoisotopic (exact) mass is 658 g/mol. The molecule has 0 saturated carbocycles. The first kappa shape index (κ1) is 33.7. The van der Waals surface area contributed by atoms with Gasteiger partial charge in [0.15, 0.2) is 0 Å². The molecule has 0 unspecified atom stereocenters. The molecule has 2 aliphatic rings. The SMILES string of the molecule is CCOC(=O)N1c2ccc(OC)nc2[C@@H](Nc2ncc(N3CCOCC3)c(Cc3cc(C(=O)OC)cc(C(F)(F)F)c3)n2)C[C@H]1CC.